The number of carbonyl (C=O) groups excluding carboxylic acids is 2. The molecule has 1 aliphatic rings. The van der Waals surface area contributed by atoms with Crippen molar-refractivity contribution in [2.24, 2.45) is 0 Å². The van der Waals surface area contributed by atoms with Crippen LogP contribution >= 0.6 is 11.3 Å². The number of hydrogen-bond acceptors (Lipinski definition) is 5. The summed E-state index contributed by atoms with van der Waals surface area (Å²) in [5.74, 6) is 0.0552. The van der Waals surface area contributed by atoms with Gasteiger partial charge in [0.15, 0.2) is 11.7 Å². The largest absolute Gasteiger partial charge is 0.482 e. The highest BCUT2D eigenvalue weighted by Crippen LogP contribution is 2.32. The summed E-state index contributed by atoms with van der Waals surface area (Å²) in [5, 5.41) is 5.27. The molecule has 0 radical (unpaired) electrons. The lowest BCUT2D eigenvalue weighted by molar-refractivity contribution is -0.123. The molecule has 29 heavy (non-hydrogen) atoms. The molecule has 3 aromatic rings. The summed E-state index contributed by atoms with van der Waals surface area (Å²) < 4.78 is 5.42. The molecule has 2 heterocycles. The van der Waals surface area contributed by atoms with E-state index in [0.717, 1.165) is 22.4 Å². The lowest BCUT2D eigenvalue weighted by atomic mass is 9.98. The van der Waals surface area contributed by atoms with Crippen LogP contribution in [0.3, 0.4) is 0 Å². The Morgan fingerprint density at radius 2 is 1.93 bits per heavy atom. The fourth-order valence-electron chi connectivity index (χ4n) is 3.66. The number of thiazole rings is 1. The number of hydrogen-bond donors (Lipinski definition) is 1. The van der Waals surface area contributed by atoms with Gasteiger partial charge in [-0.05, 0) is 44.0 Å². The molecule has 0 spiro atoms. The molecule has 0 aliphatic carbocycles. The topological polar surface area (TPSA) is 71.5 Å². The molecule has 4 rings (SSSR count). The number of carbonyl (C=O) groups is 2. The third-order valence-electron chi connectivity index (χ3n) is 4.79. The first-order valence-corrected chi connectivity index (χ1v) is 10.2. The van der Waals surface area contributed by atoms with Crippen LogP contribution in [0, 0.1) is 20.8 Å². The minimum absolute atomic E-state index is 0.0718. The van der Waals surface area contributed by atoms with Crippen LogP contribution in [0.5, 0.6) is 5.75 Å². The van der Waals surface area contributed by atoms with E-state index in [1.165, 1.54) is 21.8 Å². The molecular formula is C22H21N3O3S. The molecule has 0 atom stereocenters. The molecule has 0 fully saturated rings. The summed E-state index contributed by atoms with van der Waals surface area (Å²) in [6.45, 7) is 6.04. The van der Waals surface area contributed by atoms with Crippen LogP contribution < -0.4 is 15.0 Å². The lowest BCUT2D eigenvalue weighted by Crippen LogP contribution is -2.43. The van der Waals surface area contributed by atoms with Crippen LogP contribution in [0.1, 0.15) is 16.7 Å². The minimum Gasteiger partial charge on any atom is -0.482 e. The first-order valence-electron chi connectivity index (χ1n) is 9.28. The number of ether oxygens (including phenoxy) is 1. The van der Waals surface area contributed by atoms with E-state index in [4.69, 9.17) is 4.74 Å². The van der Waals surface area contributed by atoms with Crippen molar-refractivity contribution in [3.8, 4) is 17.0 Å². The zero-order chi connectivity index (χ0) is 20.5. The highest BCUT2D eigenvalue weighted by atomic mass is 32.1. The van der Waals surface area contributed by atoms with E-state index in [-0.39, 0.29) is 25.0 Å². The number of aryl methyl sites for hydroxylation is 3. The van der Waals surface area contributed by atoms with Gasteiger partial charge in [0.2, 0.25) is 5.91 Å². The van der Waals surface area contributed by atoms with E-state index in [9.17, 15) is 9.59 Å². The Bertz CT molecular complexity index is 1080. The monoisotopic (exact) mass is 407 g/mol. The van der Waals surface area contributed by atoms with Gasteiger partial charge in [0.25, 0.3) is 5.91 Å². The quantitative estimate of drug-likeness (QED) is 0.707. The molecule has 148 valence electrons. The number of aromatic nitrogens is 1. The van der Waals surface area contributed by atoms with E-state index in [1.807, 2.05) is 17.5 Å². The second-order valence-electron chi connectivity index (χ2n) is 7.10. The zero-order valence-electron chi connectivity index (χ0n) is 16.5. The number of amides is 2. The summed E-state index contributed by atoms with van der Waals surface area (Å²) in [6.07, 6.45) is 0. The van der Waals surface area contributed by atoms with Crippen molar-refractivity contribution in [1.29, 1.82) is 0 Å². The predicted octanol–water partition coefficient (Wildman–Crippen LogP) is 4.10. The van der Waals surface area contributed by atoms with Gasteiger partial charge < -0.3 is 10.1 Å². The third kappa shape index (κ3) is 3.86. The molecule has 0 saturated heterocycles. The smallest absolute Gasteiger partial charge is 0.265 e. The van der Waals surface area contributed by atoms with Crippen LogP contribution in [0.15, 0.2) is 41.8 Å². The van der Waals surface area contributed by atoms with Gasteiger partial charge in [-0.25, -0.2) is 4.98 Å². The Morgan fingerprint density at radius 3 is 2.69 bits per heavy atom. The molecule has 0 saturated carbocycles. The van der Waals surface area contributed by atoms with Crippen molar-refractivity contribution in [2.75, 3.05) is 23.4 Å². The second kappa shape index (κ2) is 7.67. The van der Waals surface area contributed by atoms with Crippen LogP contribution in [0.4, 0.5) is 10.8 Å². The number of anilines is 2. The standard InChI is InChI=1S/C22H21N3O3S/c1-13-8-14(2)21(15(3)9-13)16-12-29-22(23-16)24-19(26)10-25-17-6-4-5-7-18(17)28-11-20(25)27/h4-9,12H,10-11H2,1-3H3,(H,23,24,26). The molecular weight excluding hydrogens is 386 g/mol. The van der Waals surface area contributed by atoms with E-state index in [0.29, 0.717) is 16.6 Å². The summed E-state index contributed by atoms with van der Waals surface area (Å²) in [5.41, 5.74) is 6.05. The fourth-order valence-corrected chi connectivity index (χ4v) is 4.38. The molecule has 6 nitrogen and oxygen atoms in total. The Kier molecular flexibility index (Phi) is 5.07. The Morgan fingerprint density at radius 1 is 1.21 bits per heavy atom. The van der Waals surface area contributed by atoms with Crippen LogP contribution in [0.25, 0.3) is 11.3 Å². The minimum atomic E-state index is -0.298. The maximum atomic E-state index is 12.6. The van der Waals surface area contributed by atoms with Crippen LogP contribution in [0.2, 0.25) is 0 Å². The van der Waals surface area contributed by atoms with Gasteiger partial charge in [-0.1, -0.05) is 29.8 Å². The molecule has 1 aromatic heterocycles. The number of nitrogens with one attached hydrogen (secondary N) is 1. The summed E-state index contributed by atoms with van der Waals surface area (Å²) in [4.78, 5) is 30.9. The Labute approximate surface area is 173 Å². The molecule has 2 amide bonds. The number of para-hydroxylation sites is 2. The highest BCUT2D eigenvalue weighted by molar-refractivity contribution is 7.14. The Hall–Kier alpha value is -3.19. The Balaban J connectivity index is 1.50. The lowest BCUT2D eigenvalue weighted by Gasteiger charge is -2.28. The molecule has 0 unspecified atom stereocenters. The fraction of sp³-hybridized carbons (Fsp3) is 0.227. The molecule has 1 aliphatic heterocycles. The number of nitrogens with zero attached hydrogens (tertiary/aromatic N) is 2. The van der Waals surface area contributed by atoms with Gasteiger partial charge in [0, 0.05) is 10.9 Å². The van der Waals surface area contributed by atoms with Gasteiger partial charge in [0.1, 0.15) is 12.3 Å². The summed E-state index contributed by atoms with van der Waals surface area (Å²) in [6, 6.07) is 11.4. The first-order chi connectivity index (χ1) is 13.9. The first kappa shape index (κ1) is 19.1. The average Bonchev–Trinajstić information content (AvgIpc) is 3.11. The van der Waals surface area contributed by atoms with Crippen LogP contribution in [-0.2, 0) is 9.59 Å². The SMILES string of the molecule is Cc1cc(C)c(-c2csc(NC(=O)CN3C(=O)COc4ccccc43)n2)c(C)c1. The van der Waals surface area contributed by atoms with Gasteiger partial charge in [0.05, 0.1) is 11.4 Å². The van der Waals surface area contributed by atoms with Crippen molar-refractivity contribution in [2.45, 2.75) is 20.8 Å². The van der Waals surface area contributed by atoms with E-state index < -0.39 is 0 Å². The molecule has 7 heteroatoms. The second-order valence-corrected chi connectivity index (χ2v) is 7.95. The van der Waals surface area contributed by atoms with E-state index in [1.54, 1.807) is 12.1 Å². The van der Waals surface area contributed by atoms with Crippen LogP contribution in [-0.4, -0.2) is 29.9 Å². The molecule has 2 aromatic carbocycles. The predicted molar refractivity (Wildman–Crippen MR) is 115 cm³/mol. The van der Waals surface area contributed by atoms with Gasteiger partial charge in [-0.2, -0.15) is 0 Å². The maximum Gasteiger partial charge on any atom is 0.265 e. The summed E-state index contributed by atoms with van der Waals surface area (Å²) in [7, 11) is 0. The highest BCUT2D eigenvalue weighted by Gasteiger charge is 2.27. The summed E-state index contributed by atoms with van der Waals surface area (Å²) >= 11 is 1.37. The van der Waals surface area contributed by atoms with Crippen molar-refractivity contribution in [3.63, 3.8) is 0 Å². The van der Waals surface area contributed by atoms with Crippen molar-refractivity contribution in [1.82, 2.24) is 4.98 Å². The zero-order valence-corrected chi connectivity index (χ0v) is 17.3. The van der Waals surface area contributed by atoms with E-state index >= 15 is 0 Å². The van der Waals surface area contributed by atoms with Gasteiger partial charge in [-0.3, -0.25) is 14.5 Å². The van der Waals surface area contributed by atoms with Gasteiger partial charge in [-0.15, -0.1) is 11.3 Å². The van der Waals surface area contributed by atoms with Crippen molar-refractivity contribution in [3.05, 3.63) is 58.5 Å². The molecule has 1 N–H and O–H groups in total. The number of fused-ring (bicyclic) bond motifs is 1. The average molecular weight is 407 g/mol. The number of benzene rings is 2. The van der Waals surface area contributed by atoms with Crippen molar-refractivity contribution < 1.29 is 14.3 Å². The number of rotatable bonds is 4. The third-order valence-corrected chi connectivity index (χ3v) is 5.55. The molecule has 0 bridgehead atoms. The van der Waals surface area contributed by atoms with Crippen molar-refractivity contribution >= 4 is 34.0 Å². The van der Waals surface area contributed by atoms with Gasteiger partial charge >= 0.3 is 0 Å². The van der Waals surface area contributed by atoms with E-state index in [2.05, 4.69) is 43.2 Å². The normalized spacial score (nSPS) is 13.1. The maximum absolute atomic E-state index is 12.6.